The summed E-state index contributed by atoms with van der Waals surface area (Å²) in [6.45, 7) is 0.321. The Morgan fingerprint density at radius 2 is 2.11 bits per heavy atom. The Hall–Kier alpha value is -2.80. The van der Waals surface area contributed by atoms with E-state index in [-0.39, 0.29) is 11.8 Å². The number of carbonyl (C=O) groups excluding carboxylic acids is 1. The smallest absolute Gasteiger partial charge is 0.233 e. The molecule has 2 heterocycles. The Labute approximate surface area is 158 Å². The van der Waals surface area contributed by atoms with Gasteiger partial charge >= 0.3 is 0 Å². The third-order valence-electron chi connectivity index (χ3n) is 4.41. The van der Waals surface area contributed by atoms with Crippen molar-refractivity contribution in [3.63, 3.8) is 0 Å². The second-order valence-electron chi connectivity index (χ2n) is 6.35. The second-order valence-corrected chi connectivity index (χ2v) is 7.47. The Morgan fingerprint density at radius 3 is 2.96 bits per heavy atom. The van der Waals surface area contributed by atoms with E-state index >= 15 is 0 Å². The Balaban J connectivity index is 1.40. The predicted molar refractivity (Wildman–Crippen MR) is 99.0 cm³/mol. The number of fused-ring (bicyclic) bond motifs is 1. The maximum absolute atomic E-state index is 13.8. The Morgan fingerprint density at radius 1 is 1.26 bits per heavy atom. The zero-order valence-electron chi connectivity index (χ0n) is 14.2. The molecule has 3 aromatic rings. The number of thiazole rings is 1. The van der Waals surface area contributed by atoms with Gasteiger partial charge in [0.05, 0.1) is 5.92 Å². The summed E-state index contributed by atoms with van der Waals surface area (Å²) in [5, 5.41) is 3.26. The summed E-state index contributed by atoms with van der Waals surface area (Å²) in [5.41, 5.74) is 1.39. The van der Waals surface area contributed by atoms with Crippen molar-refractivity contribution in [1.29, 1.82) is 0 Å². The average molecular weight is 386 g/mol. The molecule has 1 aromatic heterocycles. The fourth-order valence-corrected chi connectivity index (χ4v) is 3.84. The summed E-state index contributed by atoms with van der Waals surface area (Å²) in [5.74, 6) is -0.823. The number of hydrogen-bond donors (Lipinski definition) is 1. The first-order valence-corrected chi connectivity index (χ1v) is 9.30. The minimum atomic E-state index is -0.607. The lowest BCUT2D eigenvalue weighted by Gasteiger charge is -2.24. The molecule has 1 N–H and O–H groups in total. The molecular weight excluding hydrogens is 370 g/mol. The zero-order valence-corrected chi connectivity index (χ0v) is 15.1. The molecule has 1 amide bonds. The van der Waals surface area contributed by atoms with E-state index < -0.39 is 11.6 Å². The molecular formula is C20H16F2N2O2S. The number of nitrogens with zero attached hydrogens (tertiary/aromatic N) is 1. The number of ether oxygens (including phenoxy) is 1. The number of para-hydroxylation sites is 1. The lowest BCUT2D eigenvalue weighted by molar-refractivity contribution is -0.121. The minimum absolute atomic E-state index is 0.154. The maximum atomic E-state index is 13.8. The van der Waals surface area contributed by atoms with E-state index in [4.69, 9.17) is 4.74 Å². The molecule has 1 unspecified atom stereocenters. The zero-order chi connectivity index (χ0) is 18.8. The van der Waals surface area contributed by atoms with Crippen molar-refractivity contribution >= 4 is 22.4 Å². The normalized spacial score (nSPS) is 15.7. The molecule has 0 bridgehead atoms. The number of aromatic nitrogens is 1. The minimum Gasteiger partial charge on any atom is -0.492 e. The SMILES string of the molecule is O=C(Nc1ncc(Cc2ccc(F)cc2F)s1)C1COc2ccccc2C1. The molecule has 1 aliphatic heterocycles. The van der Waals surface area contributed by atoms with Crippen LogP contribution in [0.3, 0.4) is 0 Å². The van der Waals surface area contributed by atoms with Gasteiger partial charge in [-0.2, -0.15) is 0 Å². The van der Waals surface area contributed by atoms with Crippen molar-refractivity contribution < 1.29 is 18.3 Å². The lowest BCUT2D eigenvalue weighted by atomic mass is 9.96. The van der Waals surface area contributed by atoms with Gasteiger partial charge < -0.3 is 10.1 Å². The van der Waals surface area contributed by atoms with Crippen LogP contribution in [0.1, 0.15) is 16.0 Å². The van der Waals surface area contributed by atoms with Gasteiger partial charge in [0, 0.05) is 23.6 Å². The Bertz CT molecular complexity index is 990. The third kappa shape index (κ3) is 3.98. The van der Waals surface area contributed by atoms with Gasteiger partial charge in [0.15, 0.2) is 5.13 Å². The van der Waals surface area contributed by atoms with Gasteiger partial charge in [-0.05, 0) is 29.7 Å². The fraction of sp³-hybridized carbons (Fsp3) is 0.200. The summed E-state index contributed by atoms with van der Waals surface area (Å²) < 4.78 is 32.4. The summed E-state index contributed by atoms with van der Waals surface area (Å²) >= 11 is 1.27. The van der Waals surface area contributed by atoms with Crippen LogP contribution >= 0.6 is 11.3 Å². The summed E-state index contributed by atoms with van der Waals surface area (Å²) in [6.07, 6.45) is 2.50. The fourth-order valence-electron chi connectivity index (χ4n) is 3.00. The molecule has 2 aromatic carbocycles. The first-order valence-electron chi connectivity index (χ1n) is 8.48. The van der Waals surface area contributed by atoms with Crippen LogP contribution in [0.2, 0.25) is 0 Å². The van der Waals surface area contributed by atoms with Crippen LogP contribution in [0.4, 0.5) is 13.9 Å². The van der Waals surface area contributed by atoms with Crippen LogP contribution in [-0.2, 0) is 17.6 Å². The number of anilines is 1. The maximum Gasteiger partial charge on any atom is 0.233 e. The van der Waals surface area contributed by atoms with Gasteiger partial charge in [0.1, 0.15) is 24.0 Å². The van der Waals surface area contributed by atoms with Crippen LogP contribution < -0.4 is 10.1 Å². The number of rotatable bonds is 4. The molecule has 1 atom stereocenters. The van der Waals surface area contributed by atoms with Gasteiger partial charge in [-0.3, -0.25) is 4.79 Å². The summed E-state index contributed by atoms with van der Waals surface area (Å²) in [7, 11) is 0. The van der Waals surface area contributed by atoms with Crippen LogP contribution in [0.15, 0.2) is 48.7 Å². The summed E-state index contributed by atoms with van der Waals surface area (Å²) in [6, 6.07) is 11.2. The first kappa shape index (κ1) is 17.6. The van der Waals surface area contributed by atoms with Crippen LogP contribution in [-0.4, -0.2) is 17.5 Å². The molecule has 27 heavy (non-hydrogen) atoms. The van der Waals surface area contributed by atoms with Crippen molar-refractivity contribution in [1.82, 2.24) is 4.98 Å². The van der Waals surface area contributed by atoms with Crippen molar-refractivity contribution in [2.24, 2.45) is 5.92 Å². The average Bonchev–Trinajstić information content (AvgIpc) is 3.10. The topological polar surface area (TPSA) is 51.2 Å². The molecule has 4 rings (SSSR count). The van der Waals surface area contributed by atoms with E-state index in [0.29, 0.717) is 30.1 Å². The van der Waals surface area contributed by atoms with Crippen LogP contribution in [0, 0.1) is 17.6 Å². The predicted octanol–water partition coefficient (Wildman–Crippen LogP) is 4.20. The number of amides is 1. The molecule has 1 aliphatic rings. The highest BCUT2D eigenvalue weighted by molar-refractivity contribution is 7.15. The van der Waals surface area contributed by atoms with Crippen LogP contribution in [0.25, 0.3) is 0 Å². The molecule has 0 saturated heterocycles. The number of halogens is 2. The molecule has 0 saturated carbocycles. The molecule has 4 nitrogen and oxygen atoms in total. The molecule has 138 valence electrons. The van der Waals surface area contributed by atoms with E-state index in [9.17, 15) is 13.6 Å². The second kappa shape index (κ2) is 7.44. The number of carbonyl (C=O) groups is 1. The van der Waals surface area contributed by atoms with Crippen molar-refractivity contribution in [3.05, 3.63) is 76.3 Å². The summed E-state index contributed by atoms with van der Waals surface area (Å²) in [4.78, 5) is 17.5. The third-order valence-corrected chi connectivity index (χ3v) is 5.33. The van der Waals surface area contributed by atoms with E-state index in [1.807, 2.05) is 24.3 Å². The lowest BCUT2D eigenvalue weighted by Crippen LogP contribution is -2.32. The van der Waals surface area contributed by atoms with Crippen molar-refractivity contribution in [2.75, 3.05) is 11.9 Å². The van der Waals surface area contributed by atoms with Crippen molar-refractivity contribution in [3.8, 4) is 5.75 Å². The van der Waals surface area contributed by atoms with Gasteiger partial charge in [0.25, 0.3) is 0 Å². The molecule has 0 fully saturated rings. The van der Waals surface area contributed by atoms with Gasteiger partial charge in [-0.25, -0.2) is 13.8 Å². The monoisotopic (exact) mass is 386 g/mol. The number of hydrogen-bond acceptors (Lipinski definition) is 4. The number of nitrogens with one attached hydrogen (secondary N) is 1. The standard InChI is InChI=1S/C20H16F2N2O2S/c21-15-6-5-12(17(22)9-15)8-16-10-23-20(27-16)24-19(25)14-7-13-3-1-2-4-18(13)26-11-14/h1-6,9-10,14H,7-8,11H2,(H,23,24,25). The highest BCUT2D eigenvalue weighted by Gasteiger charge is 2.26. The van der Waals surface area contributed by atoms with Gasteiger partial charge in [-0.1, -0.05) is 24.3 Å². The molecule has 0 aliphatic carbocycles. The van der Waals surface area contributed by atoms with Gasteiger partial charge in [0.2, 0.25) is 5.91 Å². The quantitative estimate of drug-likeness (QED) is 0.731. The highest BCUT2D eigenvalue weighted by Crippen LogP contribution is 2.28. The molecule has 0 spiro atoms. The number of benzene rings is 2. The molecule has 0 radical (unpaired) electrons. The van der Waals surface area contributed by atoms with Gasteiger partial charge in [-0.15, -0.1) is 11.3 Å². The van der Waals surface area contributed by atoms with E-state index in [1.54, 1.807) is 6.20 Å². The van der Waals surface area contributed by atoms with E-state index in [1.165, 1.54) is 23.5 Å². The Kier molecular flexibility index (Phi) is 4.85. The van der Waals surface area contributed by atoms with Crippen molar-refractivity contribution in [2.45, 2.75) is 12.8 Å². The first-order chi connectivity index (χ1) is 13.1. The van der Waals surface area contributed by atoms with E-state index in [2.05, 4.69) is 10.3 Å². The molecule has 7 heteroatoms. The highest BCUT2D eigenvalue weighted by atomic mass is 32.1. The largest absolute Gasteiger partial charge is 0.492 e. The van der Waals surface area contributed by atoms with E-state index in [0.717, 1.165) is 22.3 Å². The van der Waals surface area contributed by atoms with Crippen LogP contribution in [0.5, 0.6) is 5.75 Å².